The average Bonchev–Trinajstić information content (AvgIpc) is 2.88. The SMILES string of the molecule is COc1cnn(C)c1C(C)(O)c1ccc2c(c1)CCCC2. The number of hydrogen-bond acceptors (Lipinski definition) is 3. The van der Waals surface area contributed by atoms with E-state index in [2.05, 4.69) is 17.2 Å². The Kier molecular flexibility index (Phi) is 3.49. The van der Waals surface area contributed by atoms with Gasteiger partial charge in [-0.25, -0.2) is 0 Å². The molecule has 0 radical (unpaired) electrons. The fourth-order valence-corrected chi connectivity index (χ4v) is 3.29. The molecule has 0 spiro atoms. The zero-order valence-corrected chi connectivity index (χ0v) is 12.9. The van der Waals surface area contributed by atoms with E-state index in [1.54, 1.807) is 24.9 Å². The number of ether oxygens (including phenoxy) is 1. The normalized spacial score (nSPS) is 17.1. The highest BCUT2D eigenvalue weighted by atomic mass is 16.5. The molecule has 1 aliphatic carbocycles. The average molecular weight is 286 g/mol. The standard InChI is InChI=1S/C17H22N2O2/c1-17(20,16-15(21-3)11-18-19(16)2)14-9-8-12-6-4-5-7-13(12)10-14/h8-11,20H,4-7H2,1-3H3. The Hall–Kier alpha value is -1.81. The van der Waals surface area contributed by atoms with Crippen LogP contribution in [0.25, 0.3) is 0 Å². The van der Waals surface area contributed by atoms with E-state index in [4.69, 9.17) is 4.74 Å². The fourth-order valence-electron chi connectivity index (χ4n) is 3.29. The summed E-state index contributed by atoms with van der Waals surface area (Å²) in [6.07, 6.45) is 6.38. The molecule has 0 amide bonds. The van der Waals surface area contributed by atoms with Crippen LogP contribution in [0.5, 0.6) is 5.75 Å². The Morgan fingerprint density at radius 1 is 1.24 bits per heavy atom. The lowest BCUT2D eigenvalue weighted by Gasteiger charge is -2.27. The van der Waals surface area contributed by atoms with Gasteiger partial charge in [0.25, 0.3) is 0 Å². The van der Waals surface area contributed by atoms with Gasteiger partial charge < -0.3 is 9.84 Å². The molecule has 0 fully saturated rings. The van der Waals surface area contributed by atoms with Gasteiger partial charge >= 0.3 is 0 Å². The predicted octanol–water partition coefficient (Wildman–Crippen LogP) is 2.56. The van der Waals surface area contributed by atoms with Crippen molar-refractivity contribution >= 4 is 0 Å². The van der Waals surface area contributed by atoms with Gasteiger partial charge in [0.05, 0.1) is 13.3 Å². The van der Waals surface area contributed by atoms with Gasteiger partial charge in [0.15, 0.2) is 5.75 Å². The van der Waals surface area contributed by atoms with Gasteiger partial charge in [-0.2, -0.15) is 5.10 Å². The largest absolute Gasteiger partial charge is 0.493 e. The monoisotopic (exact) mass is 286 g/mol. The third-order valence-corrected chi connectivity index (χ3v) is 4.50. The molecule has 1 unspecified atom stereocenters. The molecule has 1 N–H and O–H groups in total. The summed E-state index contributed by atoms with van der Waals surface area (Å²) in [6, 6.07) is 6.32. The van der Waals surface area contributed by atoms with Gasteiger partial charge in [0, 0.05) is 7.05 Å². The van der Waals surface area contributed by atoms with E-state index in [1.807, 2.05) is 13.1 Å². The molecule has 0 aliphatic heterocycles. The van der Waals surface area contributed by atoms with Crippen LogP contribution in [0.1, 0.15) is 42.1 Å². The molecule has 1 atom stereocenters. The summed E-state index contributed by atoms with van der Waals surface area (Å²) in [5.41, 5.74) is 3.23. The summed E-state index contributed by atoms with van der Waals surface area (Å²) in [5.74, 6) is 0.611. The Morgan fingerprint density at radius 2 is 1.95 bits per heavy atom. The highest BCUT2D eigenvalue weighted by molar-refractivity contribution is 5.43. The van der Waals surface area contributed by atoms with E-state index in [0.29, 0.717) is 11.4 Å². The van der Waals surface area contributed by atoms with E-state index in [1.165, 1.54) is 24.0 Å². The molecular formula is C17H22N2O2. The molecule has 4 nitrogen and oxygen atoms in total. The molecule has 3 rings (SSSR count). The van der Waals surface area contributed by atoms with Crippen LogP contribution in [0.15, 0.2) is 24.4 Å². The van der Waals surface area contributed by atoms with E-state index >= 15 is 0 Å². The summed E-state index contributed by atoms with van der Waals surface area (Å²) < 4.78 is 7.02. The lowest BCUT2D eigenvalue weighted by molar-refractivity contribution is 0.0896. The van der Waals surface area contributed by atoms with Gasteiger partial charge in [-0.1, -0.05) is 18.2 Å². The topological polar surface area (TPSA) is 47.3 Å². The fraction of sp³-hybridized carbons (Fsp3) is 0.471. The first-order valence-electron chi connectivity index (χ1n) is 7.45. The van der Waals surface area contributed by atoms with Gasteiger partial charge in [-0.15, -0.1) is 0 Å². The van der Waals surface area contributed by atoms with Gasteiger partial charge in [-0.3, -0.25) is 4.68 Å². The lowest BCUT2D eigenvalue weighted by atomic mass is 9.85. The summed E-state index contributed by atoms with van der Waals surface area (Å²) >= 11 is 0. The highest BCUT2D eigenvalue weighted by Crippen LogP contribution is 2.36. The minimum Gasteiger partial charge on any atom is -0.493 e. The van der Waals surface area contributed by atoms with E-state index in [9.17, 15) is 5.11 Å². The summed E-state index contributed by atoms with van der Waals surface area (Å²) in [6.45, 7) is 1.80. The number of fused-ring (bicyclic) bond motifs is 1. The van der Waals surface area contributed by atoms with Crippen molar-refractivity contribution in [1.29, 1.82) is 0 Å². The van der Waals surface area contributed by atoms with Crippen molar-refractivity contribution in [3.63, 3.8) is 0 Å². The third-order valence-electron chi connectivity index (χ3n) is 4.50. The number of methoxy groups -OCH3 is 1. The first-order chi connectivity index (χ1) is 10.0. The van der Waals surface area contributed by atoms with Gasteiger partial charge in [-0.05, 0) is 49.3 Å². The Bertz CT molecular complexity index is 659. The highest BCUT2D eigenvalue weighted by Gasteiger charge is 2.33. The van der Waals surface area contributed by atoms with Crippen molar-refractivity contribution in [2.24, 2.45) is 7.05 Å². The van der Waals surface area contributed by atoms with Crippen molar-refractivity contribution < 1.29 is 9.84 Å². The van der Waals surface area contributed by atoms with Crippen LogP contribution in [0.3, 0.4) is 0 Å². The minimum absolute atomic E-state index is 0.611. The van der Waals surface area contributed by atoms with E-state index in [0.717, 1.165) is 18.4 Å². The maximum Gasteiger partial charge on any atom is 0.163 e. The van der Waals surface area contributed by atoms with Crippen LogP contribution >= 0.6 is 0 Å². The summed E-state index contributed by atoms with van der Waals surface area (Å²) in [4.78, 5) is 0. The molecule has 1 aliphatic rings. The second-order valence-electron chi connectivity index (χ2n) is 5.95. The number of benzene rings is 1. The maximum atomic E-state index is 11.1. The summed E-state index contributed by atoms with van der Waals surface area (Å²) in [7, 11) is 3.42. The molecule has 1 heterocycles. The van der Waals surface area contributed by atoms with Crippen LogP contribution in [0.2, 0.25) is 0 Å². The molecule has 112 valence electrons. The maximum absolute atomic E-state index is 11.1. The Balaban J connectivity index is 2.07. The van der Waals surface area contributed by atoms with Crippen molar-refractivity contribution in [3.8, 4) is 5.75 Å². The van der Waals surface area contributed by atoms with Crippen molar-refractivity contribution in [3.05, 3.63) is 46.8 Å². The number of nitrogens with zero attached hydrogens (tertiary/aromatic N) is 2. The van der Waals surface area contributed by atoms with Crippen molar-refractivity contribution in [1.82, 2.24) is 9.78 Å². The molecule has 0 saturated heterocycles. The second kappa shape index (κ2) is 5.19. The van der Waals surface area contributed by atoms with Gasteiger partial charge in [0.2, 0.25) is 0 Å². The molecule has 0 bridgehead atoms. The zero-order valence-electron chi connectivity index (χ0n) is 12.9. The molecule has 1 aromatic carbocycles. The smallest absolute Gasteiger partial charge is 0.163 e. The minimum atomic E-state index is -1.12. The first-order valence-corrected chi connectivity index (χ1v) is 7.45. The van der Waals surface area contributed by atoms with Crippen LogP contribution in [0, 0.1) is 0 Å². The summed E-state index contributed by atoms with van der Waals surface area (Å²) in [5, 5.41) is 15.3. The van der Waals surface area contributed by atoms with Gasteiger partial charge in [0.1, 0.15) is 11.3 Å². The molecule has 4 heteroatoms. The lowest BCUT2D eigenvalue weighted by Crippen LogP contribution is -2.27. The number of aromatic nitrogens is 2. The van der Waals surface area contributed by atoms with Crippen LogP contribution in [0.4, 0.5) is 0 Å². The first kappa shape index (κ1) is 14.1. The van der Waals surface area contributed by atoms with Crippen molar-refractivity contribution in [2.45, 2.75) is 38.2 Å². The van der Waals surface area contributed by atoms with Crippen LogP contribution in [-0.4, -0.2) is 22.0 Å². The van der Waals surface area contributed by atoms with E-state index < -0.39 is 5.60 Å². The predicted molar refractivity (Wildman–Crippen MR) is 81.5 cm³/mol. The molecule has 0 saturated carbocycles. The molecule has 21 heavy (non-hydrogen) atoms. The van der Waals surface area contributed by atoms with Crippen molar-refractivity contribution in [2.75, 3.05) is 7.11 Å². The Morgan fingerprint density at radius 3 is 2.67 bits per heavy atom. The second-order valence-corrected chi connectivity index (χ2v) is 5.95. The number of aliphatic hydroxyl groups is 1. The number of hydrogen-bond donors (Lipinski definition) is 1. The number of rotatable bonds is 3. The molecular weight excluding hydrogens is 264 g/mol. The molecule has 2 aromatic rings. The zero-order chi connectivity index (χ0) is 15.0. The van der Waals surface area contributed by atoms with E-state index in [-0.39, 0.29) is 0 Å². The number of aryl methyl sites for hydroxylation is 3. The molecule has 1 aromatic heterocycles. The quantitative estimate of drug-likeness (QED) is 0.943. The Labute approximate surface area is 125 Å². The van der Waals surface area contributed by atoms with Crippen LogP contribution < -0.4 is 4.74 Å². The van der Waals surface area contributed by atoms with Crippen LogP contribution in [-0.2, 0) is 25.5 Å². The third kappa shape index (κ3) is 2.33.